The quantitative estimate of drug-likeness (QED) is 0.868. The number of amides is 1. The normalized spacial score (nSPS) is 19.3. The Kier molecular flexibility index (Phi) is 4.90. The van der Waals surface area contributed by atoms with E-state index in [-0.39, 0.29) is 24.1 Å². The van der Waals surface area contributed by atoms with Crippen LogP contribution in [-0.4, -0.2) is 21.7 Å². The molecule has 3 rings (SSSR count). The third kappa shape index (κ3) is 3.76. The lowest BCUT2D eigenvalue weighted by Gasteiger charge is -2.18. The van der Waals surface area contributed by atoms with Crippen LogP contribution < -0.4 is 10.9 Å². The highest BCUT2D eigenvalue weighted by molar-refractivity contribution is 5.75. The molecule has 5 nitrogen and oxygen atoms in total. The zero-order valence-corrected chi connectivity index (χ0v) is 13.1. The minimum absolute atomic E-state index is 0.0443. The molecule has 0 bridgehead atoms. The van der Waals surface area contributed by atoms with E-state index in [1.54, 1.807) is 6.07 Å². The summed E-state index contributed by atoms with van der Waals surface area (Å²) >= 11 is 0. The molecule has 2 aliphatic carbocycles. The first kappa shape index (κ1) is 15.3. The van der Waals surface area contributed by atoms with Crippen molar-refractivity contribution in [1.82, 2.24) is 15.1 Å². The van der Waals surface area contributed by atoms with E-state index in [9.17, 15) is 9.59 Å². The van der Waals surface area contributed by atoms with Crippen LogP contribution in [0, 0.1) is 0 Å². The van der Waals surface area contributed by atoms with Gasteiger partial charge in [0, 0.05) is 12.1 Å². The van der Waals surface area contributed by atoms with Gasteiger partial charge in [0.05, 0.1) is 5.69 Å². The van der Waals surface area contributed by atoms with Crippen molar-refractivity contribution in [3.63, 3.8) is 0 Å². The first-order valence-electron chi connectivity index (χ1n) is 8.61. The van der Waals surface area contributed by atoms with Gasteiger partial charge in [-0.1, -0.05) is 25.7 Å². The number of fused-ring (bicyclic) bond motifs is 1. The number of rotatable bonds is 3. The van der Waals surface area contributed by atoms with Gasteiger partial charge in [0.15, 0.2) is 0 Å². The van der Waals surface area contributed by atoms with Crippen molar-refractivity contribution >= 4 is 5.91 Å². The molecular formula is C17H25N3O2. The van der Waals surface area contributed by atoms with E-state index in [0.29, 0.717) is 0 Å². The summed E-state index contributed by atoms with van der Waals surface area (Å²) < 4.78 is 1.33. The van der Waals surface area contributed by atoms with Gasteiger partial charge in [0.25, 0.3) is 5.56 Å². The fourth-order valence-corrected chi connectivity index (χ4v) is 3.55. The number of carbonyl (C=O) groups excluding carboxylic acids is 1. The highest BCUT2D eigenvalue weighted by atomic mass is 16.2. The number of aromatic nitrogens is 2. The van der Waals surface area contributed by atoms with Crippen molar-refractivity contribution in [1.29, 1.82) is 0 Å². The maximum absolute atomic E-state index is 12.2. The Labute approximate surface area is 131 Å². The molecule has 0 aliphatic heterocycles. The van der Waals surface area contributed by atoms with Crippen LogP contribution in [0.4, 0.5) is 0 Å². The second kappa shape index (κ2) is 7.07. The van der Waals surface area contributed by atoms with E-state index >= 15 is 0 Å². The van der Waals surface area contributed by atoms with Gasteiger partial charge in [0.1, 0.15) is 6.54 Å². The van der Waals surface area contributed by atoms with Gasteiger partial charge in [-0.2, -0.15) is 5.10 Å². The summed E-state index contributed by atoms with van der Waals surface area (Å²) in [4.78, 5) is 24.3. The smallest absolute Gasteiger partial charge is 0.267 e. The SMILES string of the molecule is O=C(Cn1nc2c(cc1=O)CCCC2)NC1CCCCCC1. The first-order valence-corrected chi connectivity index (χ1v) is 8.61. The molecule has 0 spiro atoms. The molecule has 1 amide bonds. The van der Waals surface area contributed by atoms with Crippen molar-refractivity contribution in [2.45, 2.75) is 76.8 Å². The Morgan fingerprint density at radius 1 is 1.14 bits per heavy atom. The van der Waals surface area contributed by atoms with Gasteiger partial charge in [0.2, 0.25) is 5.91 Å². The van der Waals surface area contributed by atoms with Crippen molar-refractivity contribution in [2.24, 2.45) is 0 Å². The van der Waals surface area contributed by atoms with Crippen LogP contribution >= 0.6 is 0 Å². The lowest BCUT2D eigenvalue weighted by molar-refractivity contribution is -0.122. The van der Waals surface area contributed by atoms with E-state index in [1.165, 1.54) is 30.4 Å². The molecule has 2 aliphatic rings. The summed E-state index contributed by atoms with van der Waals surface area (Å²) in [5.41, 5.74) is 1.90. The van der Waals surface area contributed by atoms with Gasteiger partial charge in [-0.15, -0.1) is 0 Å². The molecule has 1 fully saturated rings. The van der Waals surface area contributed by atoms with E-state index in [0.717, 1.165) is 49.8 Å². The Hall–Kier alpha value is -1.65. The lowest BCUT2D eigenvalue weighted by Crippen LogP contribution is -2.39. The largest absolute Gasteiger partial charge is 0.352 e. The molecule has 0 radical (unpaired) electrons. The number of nitrogens with one attached hydrogen (secondary N) is 1. The van der Waals surface area contributed by atoms with Gasteiger partial charge < -0.3 is 5.32 Å². The van der Waals surface area contributed by atoms with Crippen LogP contribution in [0.3, 0.4) is 0 Å². The van der Waals surface area contributed by atoms with Crippen molar-refractivity contribution in [3.8, 4) is 0 Å². The number of aryl methyl sites for hydroxylation is 2. The van der Waals surface area contributed by atoms with Gasteiger partial charge in [-0.25, -0.2) is 4.68 Å². The maximum atomic E-state index is 12.2. The van der Waals surface area contributed by atoms with Crippen LogP contribution in [0.2, 0.25) is 0 Å². The zero-order valence-electron chi connectivity index (χ0n) is 13.1. The molecule has 1 heterocycles. The van der Waals surface area contributed by atoms with Crippen LogP contribution in [0.5, 0.6) is 0 Å². The van der Waals surface area contributed by atoms with Crippen LogP contribution in [0.15, 0.2) is 10.9 Å². The number of carbonyl (C=O) groups is 1. The van der Waals surface area contributed by atoms with Crippen molar-refractivity contribution in [2.75, 3.05) is 0 Å². The maximum Gasteiger partial charge on any atom is 0.267 e. The standard InChI is InChI=1S/C17H25N3O2/c21-16(18-14-8-3-1-2-4-9-14)12-20-17(22)11-13-7-5-6-10-15(13)19-20/h11,14H,1-10,12H2,(H,18,21). The Bertz CT molecular complexity index is 586. The van der Waals surface area contributed by atoms with Gasteiger partial charge in [-0.3, -0.25) is 9.59 Å². The van der Waals surface area contributed by atoms with Crippen LogP contribution in [0.25, 0.3) is 0 Å². The first-order chi connectivity index (χ1) is 10.7. The van der Waals surface area contributed by atoms with E-state index in [4.69, 9.17) is 0 Å². The summed E-state index contributed by atoms with van der Waals surface area (Å²) in [5.74, 6) is -0.0859. The predicted octanol–water partition coefficient (Wildman–Crippen LogP) is 1.96. The van der Waals surface area contributed by atoms with Crippen molar-refractivity contribution in [3.05, 3.63) is 27.7 Å². The second-order valence-electron chi connectivity index (χ2n) is 6.58. The van der Waals surface area contributed by atoms with Crippen molar-refractivity contribution < 1.29 is 4.79 Å². The number of nitrogens with zero attached hydrogens (tertiary/aromatic N) is 2. The molecule has 120 valence electrons. The summed E-state index contributed by atoms with van der Waals surface area (Å²) in [6, 6.07) is 1.93. The highest BCUT2D eigenvalue weighted by Crippen LogP contribution is 2.18. The third-order valence-corrected chi connectivity index (χ3v) is 4.79. The predicted molar refractivity (Wildman–Crippen MR) is 84.8 cm³/mol. The second-order valence-corrected chi connectivity index (χ2v) is 6.58. The summed E-state index contributed by atoms with van der Waals surface area (Å²) in [6.07, 6.45) is 11.1. The monoisotopic (exact) mass is 303 g/mol. The minimum Gasteiger partial charge on any atom is -0.352 e. The molecule has 1 saturated carbocycles. The molecule has 1 aromatic rings. The van der Waals surface area contributed by atoms with Crippen LogP contribution in [0.1, 0.15) is 62.6 Å². The number of hydrogen-bond donors (Lipinski definition) is 1. The molecule has 0 unspecified atom stereocenters. The topological polar surface area (TPSA) is 64.0 Å². The molecule has 0 atom stereocenters. The van der Waals surface area contributed by atoms with E-state index in [1.807, 2.05) is 0 Å². The fourth-order valence-electron chi connectivity index (χ4n) is 3.55. The number of hydrogen-bond acceptors (Lipinski definition) is 3. The fraction of sp³-hybridized carbons (Fsp3) is 0.706. The molecule has 5 heteroatoms. The molecule has 1 aromatic heterocycles. The molecular weight excluding hydrogens is 278 g/mol. The Morgan fingerprint density at radius 2 is 1.86 bits per heavy atom. The highest BCUT2D eigenvalue weighted by Gasteiger charge is 2.17. The minimum atomic E-state index is -0.156. The Morgan fingerprint density at radius 3 is 2.64 bits per heavy atom. The third-order valence-electron chi connectivity index (χ3n) is 4.79. The average Bonchev–Trinajstić information content (AvgIpc) is 2.76. The molecule has 1 N–H and O–H groups in total. The van der Waals surface area contributed by atoms with Gasteiger partial charge >= 0.3 is 0 Å². The Balaban J connectivity index is 1.64. The summed E-state index contributed by atoms with van der Waals surface area (Å²) in [7, 11) is 0. The molecule has 22 heavy (non-hydrogen) atoms. The molecule has 0 saturated heterocycles. The lowest BCUT2D eigenvalue weighted by atomic mass is 9.97. The van der Waals surface area contributed by atoms with Crippen LogP contribution in [-0.2, 0) is 24.2 Å². The summed E-state index contributed by atoms with van der Waals surface area (Å²) in [5, 5.41) is 7.48. The average molecular weight is 303 g/mol. The van der Waals surface area contributed by atoms with E-state index < -0.39 is 0 Å². The van der Waals surface area contributed by atoms with E-state index in [2.05, 4.69) is 10.4 Å². The summed E-state index contributed by atoms with van der Waals surface area (Å²) in [6.45, 7) is 0.0443. The molecule has 0 aromatic carbocycles. The zero-order chi connectivity index (χ0) is 15.4. The van der Waals surface area contributed by atoms with Gasteiger partial charge in [-0.05, 0) is 44.1 Å².